The quantitative estimate of drug-likeness (QED) is 0.691. The zero-order chi connectivity index (χ0) is 10.6. The minimum atomic E-state index is 0.840. The van der Waals surface area contributed by atoms with Crippen LogP contribution in [0, 0.1) is 5.92 Å². The van der Waals surface area contributed by atoms with Crippen LogP contribution in [0.2, 0.25) is 0 Å². The highest BCUT2D eigenvalue weighted by molar-refractivity contribution is 4.67. The van der Waals surface area contributed by atoms with Crippen LogP contribution in [-0.4, -0.2) is 26.8 Å². The lowest BCUT2D eigenvalue weighted by Gasteiger charge is -2.21. The highest BCUT2D eigenvalue weighted by Gasteiger charge is 2.11. The molecule has 0 aliphatic heterocycles. The van der Waals surface area contributed by atoms with Crippen LogP contribution in [0.15, 0.2) is 0 Å². The zero-order valence-corrected chi connectivity index (χ0v) is 10.1. The van der Waals surface area contributed by atoms with Gasteiger partial charge in [0.2, 0.25) is 0 Å². The first kappa shape index (κ1) is 13.9. The van der Waals surface area contributed by atoms with Gasteiger partial charge in [0, 0.05) is 13.7 Å². The number of rotatable bonds is 5. The fraction of sp³-hybridized carbons (Fsp3) is 1.00. The summed E-state index contributed by atoms with van der Waals surface area (Å²) in [6, 6.07) is 0. The summed E-state index contributed by atoms with van der Waals surface area (Å²) in [7, 11) is 1.75. The van der Waals surface area contributed by atoms with E-state index in [1.807, 2.05) is 13.8 Å². The van der Waals surface area contributed by atoms with Crippen molar-refractivity contribution in [1.82, 2.24) is 5.32 Å². The molecule has 0 atom stereocenters. The van der Waals surface area contributed by atoms with E-state index in [1.165, 1.54) is 38.6 Å². The second-order valence-corrected chi connectivity index (χ2v) is 3.70. The predicted octanol–water partition coefficient (Wildman–Crippen LogP) is 2.83. The molecular formula is C12H27NO. The van der Waals surface area contributed by atoms with E-state index < -0.39 is 0 Å². The Hall–Kier alpha value is -0.0800. The molecule has 0 aromatic carbocycles. The van der Waals surface area contributed by atoms with E-state index in [-0.39, 0.29) is 0 Å². The van der Waals surface area contributed by atoms with Crippen LogP contribution in [0.3, 0.4) is 0 Å². The number of methoxy groups -OCH3 is 1. The minimum Gasteiger partial charge on any atom is -0.383 e. The molecule has 1 fully saturated rings. The molecule has 14 heavy (non-hydrogen) atoms. The number of nitrogens with one attached hydrogen (secondary N) is 1. The Balaban J connectivity index is 0.000000791. The van der Waals surface area contributed by atoms with Crippen molar-refractivity contribution >= 4 is 0 Å². The molecule has 86 valence electrons. The van der Waals surface area contributed by atoms with Crippen molar-refractivity contribution in [3.8, 4) is 0 Å². The molecule has 1 aliphatic rings. The maximum Gasteiger partial charge on any atom is 0.0587 e. The third-order valence-corrected chi connectivity index (χ3v) is 2.64. The van der Waals surface area contributed by atoms with Gasteiger partial charge in [-0.25, -0.2) is 0 Å². The highest BCUT2D eigenvalue weighted by Crippen LogP contribution is 2.22. The second-order valence-electron chi connectivity index (χ2n) is 3.70. The molecule has 0 unspecified atom stereocenters. The monoisotopic (exact) mass is 201 g/mol. The molecule has 0 radical (unpaired) electrons. The van der Waals surface area contributed by atoms with E-state index >= 15 is 0 Å². The summed E-state index contributed by atoms with van der Waals surface area (Å²) in [5, 5.41) is 3.43. The van der Waals surface area contributed by atoms with Gasteiger partial charge in [0.15, 0.2) is 0 Å². The molecule has 1 saturated carbocycles. The van der Waals surface area contributed by atoms with E-state index in [9.17, 15) is 0 Å². The Kier molecular flexibility index (Phi) is 10.9. The Labute approximate surface area is 89.4 Å². The molecule has 1 aliphatic carbocycles. The van der Waals surface area contributed by atoms with Crippen LogP contribution in [-0.2, 0) is 4.74 Å². The summed E-state index contributed by atoms with van der Waals surface area (Å²) in [4.78, 5) is 0. The van der Waals surface area contributed by atoms with Crippen LogP contribution >= 0.6 is 0 Å². The van der Waals surface area contributed by atoms with Gasteiger partial charge in [0.05, 0.1) is 6.61 Å². The Bertz CT molecular complexity index is 100. The average Bonchev–Trinajstić information content (AvgIpc) is 2.29. The van der Waals surface area contributed by atoms with Crippen LogP contribution in [0.25, 0.3) is 0 Å². The average molecular weight is 201 g/mol. The first-order valence-electron chi connectivity index (χ1n) is 6.13. The second kappa shape index (κ2) is 11.0. The molecule has 2 nitrogen and oxygen atoms in total. The van der Waals surface area contributed by atoms with Crippen molar-refractivity contribution in [1.29, 1.82) is 0 Å². The van der Waals surface area contributed by atoms with Crippen molar-refractivity contribution < 1.29 is 4.74 Å². The molecule has 1 N–H and O–H groups in total. The number of ether oxygens (including phenoxy) is 1. The molecule has 0 amide bonds. The lowest BCUT2D eigenvalue weighted by atomic mass is 9.89. The van der Waals surface area contributed by atoms with Gasteiger partial charge in [-0.15, -0.1) is 0 Å². The number of hydrogen-bond acceptors (Lipinski definition) is 2. The van der Waals surface area contributed by atoms with Crippen LogP contribution in [0.5, 0.6) is 0 Å². The lowest BCUT2D eigenvalue weighted by Crippen LogP contribution is -2.27. The van der Waals surface area contributed by atoms with Crippen molar-refractivity contribution in [2.45, 2.75) is 46.0 Å². The summed E-state index contributed by atoms with van der Waals surface area (Å²) >= 11 is 0. The van der Waals surface area contributed by atoms with Crippen LogP contribution < -0.4 is 5.32 Å². The van der Waals surface area contributed by atoms with Gasteiger partial charge in [0.25, 0.3) is 0 Å². The fourth-order valence-electron chi connectivity index (χ4n) is 1.87. The van der Waals surface area contributed by atoms with Crippen molar-refractivity contribution in [2.75, 3.05) is 26.8 Å². The normalized spacial score (nSPS) is 17.4. The molecule has 2 heteroatoms. The van der Waals surface area contributed by atoms with Gasteiger partial charge in [-0.1, -0.05) is 33.1 Å². The van der Waals surface area contributed by atoms with Gasteiger partial charge in [-0.3, -0.25) is 0 Å². The Morgan fingerprint density at radius 3 is 2.36 bits per heavy atom. The van der Waals surface area contributed by atoms with E-state index in [2.05, 4.69) is 5.32 Å². The standard InChI is InChI=1S/C10H21NO.C2H6/c1-12-8-7-11-9-10-5-3-2-4-6-10;1-2/h10-11H,2-9H2,1H3;1-2H3. The first-order chi connectivity index (χ1) is 6.93. The third kappa shape index (κ3) is 7.34. The molecule has 0 saturated heterocycles. The molecule has 0 spiro atoms. The fourth-order valence-corrected chi connectivity index (χ4v) is 1.87. The topological polar surface area (TPSA) is 21.3 Å². The van der Waals surface area contributed by atoms with E-state index in [0.717, 1.165) is 19.1 Å². The summed E-state index contributed by atoms with van der Waals surface area (Å²) in [6.07, 6.45) is 7.20. The molecule has 0 aromatic rings. The van der Waals surface area contributed by atoms with Gasteiger partial charge < -0.3 is 10.1 Å². The van der Waals surface area contributed by atoms with E-state index in [4.69, 9.17) is 4.74 Å². The summed E-state index contributed by atoms with van der Waals surface area (Å²) in [6.45, 7) is 7.04. The highest BCUT2D eigenvalue weighted by atomic mass is 16.5. The summed E-state index contributed by atoms with van der Waals surface area (Å²) in [5.41, 5.74) is 0. The minimum absolute atomic E-state index is 0.840. The number of hydrogen-bond donors (Lipinski definition) is 1. The van der Waals surface area contributed by atoms with E-state index in [1.54, 1.807) is 7.11 Å². The van der Waals surface area contributed by atoms with Gasteiger partial charge in [-0.05, 0) is 25.3 Å². The van der Waals surface area contributed by atoms with Crippen molar-refractivity contribution in [3.63, 3.8) is 0 Å². The molecule has 0 bridgehead atoms. The van der Waals surface area contributed by atoms with Gasteiger partial charge in [0.1, 0.15) is 0 Å². The SMILES string of the molecule is CC.COCCNCC1CCCCC1. The van der Waals surface area contributed by atoms with Crippen molar-refractivity contribution in [2.24, 2.45) is 5.92 Å². The van der Waals surface area contributed by atoms with Crippen LogP contribution in [0.4, 0.5) is 0 Å². The maximum absolute atomic E-state index is 4.97. The smallest absolute Gasteiger partial charge is 0.0587 e. The maximum atomic E-state index is 4.97. The van der Waals surface area contributed by atoms with Gasteiger partial charge in [-0.2, -0.15) is 0 Å². The molecule has 0 aromatic heterocycles. The van der Waals surface area contributed by atoms with Crippen LogP contribution in [0.1, 0.15) is 46.0 Å². The lowest BCUT2D eigenvalue weighted by molar-refractivity contribution is 0.196. The zero-order valence-electron chi connectivity index (χ0n) is 10.1. The summed E-state index contributed by atoms with van der Waals surface area (Å²) < 4.78 is 4.97. The van der Waals surface area contributed by atoms with Gasteiger partial charge >= 0.3 is 0 Å². The first-order valence-corrected chi connectivity index (χ1v) is 6.13. The molecule has 1 rings (SSSR count). The Morgan fingerprint density at radius 2 is 1.79 bits per heavy atom. The molecular weight excluding hydrogens is 174 g/mol. The Morgan fingerprint density at radius 1 is 1.14 bits per heavy atom. The predicted molar refractivity (Wildman–Crippen MR) is 62.7 cm³/mol. The largest absolute Gasteiger partial charge is 0.383 e. The third-order valence-electron chi connectivity index (χ3n) is 2.64. The molecule has 0 heterocycles. The van der Waals surface area contributed by atoms with E-state index in [0.29, 0.717) is 0 Å². The van der Waals surface area contributed by atoms with Crippen molar-refractivity contribution in [3.05, 3.63) is 0 Å². The summed E-state index contributed by atoms with van der Waals surface area (Å²) in [5.74, 6) is 0.940.